The molecule has 5 heteroatoms. The van der Waals surface area contributed by atoms with Crippen LogP contribution in [0.25, 0.3) is 0 Å². The van der Waals surface area contributed by atoms with Crippen molar-refractivity contribution in [3.63, 3.8) is 0 Å². The van der Waals surface area contributed by atoms with Crippen LogP contribution in [0.1, 0.15) is 25.5 Å². The highest BCUT2D eigenvalue weighted by atomic mass is 16.1. The first-order valence-electron chi connectivity index (χ1n) is 6.29. The Labute approximate surface area is 108 Å². The van der Waals surface area contributed by atoms with E-state index in [0.29, 0.717) is 6.54 Å². The summed E-state index contributed by atoms with van der Waals surface area (Å²) in [4.78, 5) is 17.4. The zero-order valence-corrected chi connectivity index (χ0v) is 11.1. The number of aromatic nitrogens is 1. The molecule has 1 rings (SSSR count). The molecule has 3 N–H and O–H groups in total. The molecule has 0 fully saturated rings. The standard InChI is InChI=1S/C13H22N4O/c1-3-4-7-17(10-13(14)18)9-12-8-11(15-2)5-6-16-12/h5-6,8H,3-4,7,9-10H2,1-2H3,(H2,14,18)(H,15,16). The van der Waals surface area contributed by atoms with Gasteiger partial charge in [0, 0.05) is 25.5 Å². The smallest absolute Gasteiger partial charge is 0.231 e. The fourth-order valence-electron chi connectivity index (χ4n) is 1.77. The monoisotopic (exact) mass is 250 g/mol. The second-order valence-electron chi connectivity index (χ2n) is 4.32. The van der Waals surface area contributed by atoms with E-state index in [1.807, 2.05) is 24.1 Å². The number of nitrogens with two attached hydrogens (primary N) is 1. The van der Waals surface area contributed by atoms with E-state index in [1.165, 1.54) is 0 Å². The van der Waals surface area contributed by atoms with E-state index in [0.717, 1.165) is 30.8 Å². The van der Waals surface area contributed by atoms with Crippen LogP contribution in [-0.2, 0) is 11.3 Å². The average Bonchev–Trinajstić information content (AvgIpc) is 2.35. The van der Waals surface area contributed by atoms with Crippen molar-refractivity contribution in [3.8, 4) is 0 Å². The molecule has 0 unspecified atom stereocenters. The van der Waals surface area contributed by atoms with Gasteiger partial charge in [-0.25, -0.2) is 0 Å². The van der Waals surface area contributed by atoms with E-state index in [1.54, 1.807) is 6.20 Å². The Morgan fingerprint density at radius 3 is 2.94 bits per heavy atom. The molecule has 1 aromatic heterocycles. The number of amides is 1. The first-order chi connectivity index (χ1) is 8.65. The molecular formula is C13H22N4O. The maximum atomic E-state index is 11.0. The van der Waals surface area contributed by atoms with Gasteiger partial charge in [-0.15, -0.1) is 0 Å². The fourth-order valence-corrected chi connectivity index (χ4v) is 1.77. The molecule has 0 aliphatic heterocycles. The summed E-state index contributed by atoms with van der Waals surface area (Å²) in [6.45, 7) is 3.93. The van der Waals surface area contributed by atoms with Crippen molar-refractivity contribution in [2.24, 2.45) is 5.73 Å². The molecule has 0 bridgehead atoms. The maximum Gasteiger partial charge on any atom is 0.231 e. The van der Waals surface area contributed by atoms with Crippen molar-refractivity contribution in [1.29, 1.82) is 0 Å². The first-order valence-corrected chi connectivity index (χ1v) is 6.29. The lowest BCUT2D eigenvalue weighted by Crippen LogP contribution is -2.34. The first kappa shape index (κ1) is 14.4. The quantitative estimate of drug-likeness (QED) is 0.727. The molecular weight excluding hydrogens is 228 g/mol. The van der Waals surface area contributed by atoms with Crippen LogP contribution < -0.4 is 11.1 Å². The van der Waals surface area contributed by atoms with Crippen LogP contribution in [0, 0.1) is 0 Å². The van der Waals surface area contributed by atoms with Gasteiger partial charge < -0.3 is 11.1 Å². The third kappa shape index (κ3) is 5.14. The van der Waals surface area contributed by atoms with Gasteiger partial charge in [-0.05, 0) is 25.1 Å². The highest BCUT2D eigenvalue weighted by molar-refractivity contribution is 5.75. The number of nitrogens with one attached hydrogen (secondary N) is 1. The number of hydrogen-bond acceptors (Lipinski definition) is 4. The van der Waals surface area contributed by atoms with Gasteiger partial charge in [0.25, 0.3) is 0 Å². The summed E-state index contributed by atoms with van der Waals surface area (Å²) < 4.78 is 0. The summed E-state index contributed by atoms with van der Waals surface area (Å²) in [5.41, 5.74) is 7.23. The van der Waals surface area contributed by atoms with Gasteiger partial charge in [-0.3, -0.25) is 14.7 Å². The number of carbonyl (C=O) groups excluding carboxylic acids is 1. The number of hydrogen-bond donors (Lipinski definition) is 2. The van der Waals surface area contributed by atoms with Crippen LogP contribution in [0.15, 0.2) is 18.3 Å². The predicted molar refractivity (Wildman–Crippen MR) is 73.2 cm³/mol. The number of rotatable bonds is 8. The van der Waals surface area contributed by atoms with Gasteiger partial charge in [-0.1, -0.05) is 13.3 Å². The third-order valence-corrected chi connectivity index (χ3v) is 2.70. The van der Waals surface area contributed by atoms with Crippen LogP contribution in [0.3, 0.4) is 0 Å². The van der Waals surface area contributed by atoms with Crippen molar-refractivity contribution < 1.29 is 4.79 Å². The summed E-state index contributed by atoms with van der Waals surface area (Å²) in [5.74, 6) is -0.295. The summed E-state index contributed by atoms with van der Waals surface area (Å²) in [5, 5.41) is 3.07. The van der Waals surface area contributed by atoms with Gasteiger partial charge in [0.1, 0.15) is 0 Å². The summed E-state index contributed by atoms with van der Waals surface area (Å²) in [6, 6.07) is 3.90. The number of primary amides is 1. The van der Waals surface area contributed by atoms with Gasteiger partial charge >= 0.3 is 0 Å². The molecule has 1 heterocycles. The number of pyridine rings is 1. The molecule has 100 valence electrons. The summed E-state index contributed by atoms with van der Waals surface area (Å²) >= 11 is 0. The molecule has 0 saturated carbocycles. The Morgan fingerprint density at radius 2 is 2.33 bits per heavy atom. The molecule has 0 aromatic carbocycles. The minimum absolute atomic E-state index is 0.283. The normalized spacial score (nSPS) is 10.6. The van der Waals surface area contributed by atoms with E-state index in [2.05, 4.69) is 17.2 Å². The summed E-state index contributed by atoms with van der Waals surface area (Å²) in [7, 11) is 1.87. The molecule has 0 radical (unpaired) electrons. The molecule has 0 aliphatic rings. The number of carbonyl (C=O) groups is 1. The number of anilines is 1. The lowest BCUT2D eigenvalue weighted by atomic mass is 10.2. The van der Waals surface area contributed by atoms with Crippen LogP contribution in [0.5, 0.6) is 0 Å². The van der Waals surface area contributed by atoms with Crippen LogP contribution in [-0.4, -0.2) is 35.9 Å². The molecule has 5 nitrogen and oxygen atoms in total. The molecule has 0 aliphatic carbocycles. The molecule has 18 heavy (non-hydrogen) atoms. The molecule has 1 amide bonds. The lowest BCUT2D eigenvalue weighted by Gasteiger charge is -2.20. The van der Waals surface area contributed by atoms with E-state index >= 15 is 0 Å². The van der Waals surface area contributed by atoms with Crippen molar-refractivity contribution in [2.45, 2.75) is 26.3 Å². The topological polar surface area (TPSA) is 71.2 Å². The minimum atomic E-state index is -0.295. The van der Waals surface area contributed by atoms with Gasteiger partial charge in [0.2, 0.25) is 5.91 Å². The van der Waals surface area contributed by atoms with Crippen LogP contribution in [0.4, 0.5) is 5.69 Å². The Balaban J connectivity index is 2.65. The average molecular weight is 250 g/mol. The largest absolute Gasteiger partial charge is 0.388 e. The second-order valence-corrected chi connectivity index (χ2v) is 4.32. The van der Waals surface area contributed by atoms with Crippen LogP contribution in [0.2, 0.25) is 0 Å². The lowest BCUT2D eigenvalue weighted by molar-refractivity contribution is -0.119. The molecule has 0 atom stereocenters. The van der Waals surface area contributed by atoms with E-state index < -0.39 is 0 Å². The Hall–Kier alpha value is -1.62. The summed E-state index contributed by atoms with van der Waals surface area (Å²) in [6.07, 6.45) is 3.92. The van der Waals surface area contributed by atoms with Gasteiger partial charge in [-0.2, -0.15) is 0 Å². The zero-order chi connectivity index (χ0) is 13.4. The Morgan fingerprint density at radius 1 is 1.56 bits per heavy atom. The molecule has 0 saturated heterocycles. The van der Waals surface area contributed by atoms with E-state index in [4.69, 9.17) is 5.73 Å². The minimum Gasteiger partial charge on any atom is -0.388 e. The van der Waals surface area contributed by atoms with E-state index in [9.17, 15) is 4.79 Å². The van der Waals surface area contributed by atoms with Crippen LogP contribution >= 0.6 is 0 Å². The van der Waals surface area contributed by atoms with Gasteiger partial charge in [0.05, 0.1) is 12.2 Å². The van der Waals surface area contributed by atoms with E-state index in [-0.39, 0.29) is 12.5 Å². The van der Waals surface area contributed by atoms with Crippen molar-refractivity contribution in [3.05, 3.63) is 24.0 Å². The van der Waals surface area contributed by atoms with Gasteiger partial charge in [0.15, 0.2) is 0 Å². The predicted octanol–water partition coefficient (Wildman–Crippen LogP) is 1.21. The highest BCUT2D eigenvalue weighted by Gasteiger charge is 2.09. The van der Waals surface area contributed by atoms with Crippen molar-refractivity contribution in [1.82, 2.24) is 9.88 Å². The Bertz CT molecular complexity index is 381. The SMILES string of the molecule is CCCCN(CC(N)=O)Cc1cc(NC)ccn1. The third-order valence-electron chi connectivity index (χ3n) is 2.70. The number of unbranched alkanes of at least 4 members (excludes halogenated alkanes) is 1. The molecule has 1 aromatic rings. The zero-order valence-electron chi connectivity index (χ0n) is 11.1. The fraction of sp³-hybridized carbons (Fsp3) is 0.538. The highest BCUT2D eigenvalue weighted by Crippen LogP contribution is 2.09. The molecule has 0 spiro atoms. The maximum absolute atomic E-state index is 11.0. The number of nitrogens with zero attached hydrogens (tertiary/aromatic N) is 2. The van der Waals surface area contributed by atoms with Crippen molar-refractivity contribution in [2.75, 3.05) is 25.5 Å². The second kappa shape index (κ2) is 7.66. The van der Waals surface area contributed by atoms with Crippen molar-refractivity contribution >= 4 is 11.6 Å². The Kier molecular flexibility index (Phi) is 6.14.